The first-order valence-corrected chi connectivity index (χ1v) is 7.40. The smallest absolute Gasteiger partial charge is 0.240 e. The van der Waals surface area contributed by atoms with Crippen molar-refractivity contribution in [3.05, 3.63) is 29.8 Å². The zero-order valence-corrected chi connectivity index (χ0v) is 11.8. The van der Waals surface area contributed by atoms with Gasteiger partial charge in [-0.25, -0.2) is 13.6 Å². The van der Waals surface area contributed by atoms with Gasteiger partial charge in [0, 0.05) is 6.54 Å². The fourth-order valence-electron chi connectivity index (χ4n) is 1.34. The molecule has 5 N–H and O–H groups in total. The molecule has 0 saturated heterocycles. The summed E-state index contributed by atoms with van der Waals surface area (Å²) in [6.45, 7) is 3.78. The van der Waals surface area contributed by atoms with Gasteiger partial charge in [0.05, 0.1) is 10.4 Å². The molecule has 0 aromatic heterocycles. The van der Waals surface area contributed by atoms with E-state index < -0.39 is 15.6 Å². The zero-order valence-electron chi connectivity index (χ0n) is 11.0. The highest BCUT2D eigenvalue weighted by Gasteiger charge is 2.25. The fraction of sp³-hybridized carbons (Fsp3) is 0.417. The van der Waals surface area contributed by atoms with Crippen molar-refractivity contribution in [2.24, 2.45) is 10.9 Å². The van der Waals surface area contributed by atoms with Gasteiger partial charge in [0.15, 0.2) is 0 Å². The van der Waals surface area contributed by atoms with Crippen LogP contribution in [0.5, 0.6) is 0 Å². The number of sulfonamides is 1. The van der Waals surface area contributed by atoms with E-state index in [2.05, 4.69) is 5.32 Å². The van der Waals surface area contributed by atoms with E-state index in [1.54, 1.807) is 19.1 Å². The maximum atomic E-state index is 11.7. The lowest BCUT2D eigenvalue weighted by molar-refractivity contribution is -0.126. The molecular weight excluding hydrogens is 266 g/mol. The lowest BCUT2D eigenvalue weighted by atomic mass is 9.99. The van der Waals surface area contributed by atoms with E-state index in [1.807, 2.05) is 6.92 Å². The predicted molar refractivity (Wildman–Crippen MR) is 72.5 cm³/mol. The summed E-state index contributed by atoms with van der Waals surface area (Å²) >= 11 is 0. The second-order valence-electron chi connectivity index (χ2n) is 4.64. The van der Waals surface area contributed by atoms with Crippen LogP contribution in [0.4, 0.5) is 0 Å². The summed E-state index contributed by atoms with van der Waals surface area (Å²) < 4.78 is 22.1. The largest absolute Gasteiger partial charge is 0.350 e. The fourth-order valence-corrected chi connectivity index (χ4v) is 1.86. The van der Waals surface area contributed by atoms with Gasteiger partial charge in [-0.3, -0.25) is 4.79 Å². The molecule has 0 fully saturated rings. The Labute approximate surface area is 113 Å². The van der Waals surface area contributed by atoms with Crippen LogP contribution in [0.2, 0.25) is 0 Å². The standard InChI is InChI=1S/C12H19N3O3S/c1-3-12(2,13)11(16)15-8-9-4-6-10(7-5-9)19(14,17)18/h4-7H,3,8,13H2,1-2H3,(H,15,16)(H2,14,17,18). The Morgan fingerprint density at radius 1 is 1.32 bits per heavy atom. The number of primary sulfonamides is 1. The number of carbonyl (C=O) groups excluding carboxylic acids is 1. The summed E-state index contributed by atoms with van der Waals surface area (Å²) in [5.41, 5.74) is 5.67. The van der Waals surface area contributed by atoms with E-state index in [1.165, 1.54) is 12.1 Å². The van der Waals surface area contributed by atoms with E-state index in [-0.39, 0.29) is 17.3 Å². The van der Waals surface area contributed by atoms with Gasteiger partial charge in [0.2, 0.25) is 15.9 Å². The Morgan fingerprint density at radius 3 is 2.26 bits per heavy atom. The van der Waals surface area contributed by atoms with Gasteiger partial charge < -0.3 is 11.1 Å². The first-order valence-electron chi connectivity index (χ1n) is 5.86. The number of carbonyl (C=O) groups is 1. The summed E-state index contributed by atoms with van der Waals surface area (Å²) in [6.07, 6.45) is 0.531. The van der Waals surface area contributed by atoms with Crippen LogP contribution >= 0.6 is 0 Å². The van der Waals surface area contributed by atoms with Gasteiger partial charge >= 0.3 is 0 Å². The third kappa shape index (κ3) is 4.30. The Hall–Kier alpha value is -1.44. The summed E-state index contributed by atoms with van der Waals surface area (Å²) in [7, 11) is -3.69. The van der Waals surface area contributed by atoms with Crippen LogP contribution in [0.1, 0.15) is 25.8 Å². The molecular formula is C12H19N3O3S. The highest BCUT2D eigenvalue weighted by Crippen LogP contribution is 2.09. The van der Waals surface area contributed by atoms with Crippen molar-refractivity contribution in [1.82, 2.24) is 5.32 Å². The van der Waals surface area contributed by atoms with E-state index in [0.29, 0.717) is 6.42 Å². The molecule has 7 heteroatoms. The van der Waals surface area contributed by atoms with Crippen molar-refractivity contribution in [3.63, 3.8) is 0 Å². The first-order chi connectivity index (χ1) is 8.66. The second kappa shape index (κ2) is 5.68. The van der Waals surface area contributed by atoms with Gasteiger partial charge in [0.1, 0.15) is 0 Å². The highest BCUT2D eigenvalue weighted by molar-refractivity contribution is 7.89. The molecule has 0 aliphatic heterocycles. The number of hydrogen-bond donors (Lipinski definition) is 3. The predicted octanol–water partition coefficient (Wildman–Crippen LogP) is 0.0776. The van der Waals surface area contributed by atoms with Crippen LogP contribution in [0.15, 0.2) is 29.2 Å². The lowest BCUT2D eigenvalue weighted by Gasteiger charge is -2.21. The topological polar surface area (TPSA) is 115 Å². The molecule has 1 amide bonds. The number of hydrogen-bond acceptors (Lipinski definition) is 4. The van der Waals surface area contributed by atoms with Crippen molar-refractivity contribution in [1.29, 1.82) is 0 Å². The molecule has 1 rings (SSSR count). The number of nitrogens with two attached hydrogens (primary N) is 2. The summed E-state index contributed by atoms with van der Waals surface area (Å²) in [5.74, 6) is -0.245. The maximum absolute atomic E-state index is 11.7. The molecule has 0 saturated carbocycles. The first kappa shape index (κ1) is 15.6. The zero-order chi connectivity index (χ0) is 14.7. The van der Waals surface area contributed by atoms with Crippen molar-refractivity contribution in [2.45, 2.75) is 37.2 Å². The molecule has 1 unspecified atom stereocenters. The van der Waals surface area contributed by atoms with Gasteiger partial charge in [-0.05, 0) is 31.0 Å². The lowest BCUT2D eigenvalue weighted by Crippen LogP contribution is -2.50. The summed E-state index contributed by atoms with van der Waals surface area (Å²) in [4.78, 5) is 11.8. The molecule has 0 bridgehead atoms. The monoisotopic (exact) mass is 285 g/mol. The van der Waals surface area contributed by atoms with Crippen LogP contribution in [0.25, 0.3) is 0 Å². The van der Waals surface area contributed by atoms with Gasteiger partial charge in [-0.1, -0.05) is 19.1 Å². The maximum Gasteiger partial charge on any atom is 0.240 e. The number of benzene rings is 1. The van der Waals surface area contributed by atoms with Gasteiger partial charge in [-0.2, -0.15) is 0 Å². The van der Waals surface area contributed by atoms with Crippen molar-refractivity contribution >= 4 is 15.9 Å². The van der Waals surface area contributed by atoms with Gasteiger partial charge in [-0.15, -0.1) is 0 Å². The van der Waals surface area contributed by atoms with Crippen molar-refractivity contribution < 1.29 is 13.2 Å². The van der Waals surface area contributed by atoms with Crippen LogP contribution in [-0.2, 0) is 21.4 Å². The van der Waals surface area contributed by atoms with E-state index >= 15 is 0 Å². The normalized spacial score (nSPS) is 14.7. The SMILES string of the molecule is CCC(C)(N)C(=O)NCc1ccc(S(N)(=O)=O)cc1. The Kier molecular flexibility index (Phi) is 4.67. The Bertz CT molecular complexity index is 550. The van der Waals surface area contributed by atoms with Crippen LogP contribution in [0.3, 0.4) is 0 Å². The van der Waals surface area contributed by atoms with E-state index in [4.69, 9.17) is 10.9 Å². The molecule has 0 aliphatic rings. The Morgan fingerprint density at radius 2 is 1.84 bits per heavy atom. The highest BCUT2D eigenvalue weighted by atomic mass is 32.2. The number of rotatable bonds is 5. The molecule has 0 spiro atoms. The quantitative estimate of drug-likeness (QED) is 0.710. The van der Waals surface area contributed by atoms with Crippen LogP contribution < -0.4 is 16.2 Å². The minimum Gasteiger partial charge on any atom is -0.350 e. The van der Waals surface area contributed by atoms with Crippen molar-refractivity contribution in [3.8, 4) is 0 Å². The minimum atomic E-state index is -3.69. The molecule has 106 valence electrons. The third-order valence-electron chi connectivity index (χ3n) is 2.96. The molecule has 19 heavy (non-hydrogen) atoms. The summed E-state index contributed by atoms with van der Waals surface area (Å²) in [6, 6.07) is 6.00. The van der Waals surface area contributed by atoms with E-state index in [9.17, 15) is 13.2 Å². The molecule has 1 aromatic carbocycles. The van der Waals surface area contributed by atoms with E-state index in [0.717, 1.165) is 5.56 Å². The number of nitrogens with one attached hydrogen (secondary N) is 1. The number of amides is 1. The van der Waals surface area contributed by atoms with Gasteiger partial charge in [0.25, 0.3) is 0 Å². The Balaban J connectivity index is 2.68. The molecule has 0 aliphatic carbocycles. The molecule has 0 radical (unpaired) electrons. The molecule has 1 aromatic rings. The van der Waals surface area contributed by atoms with Crippen LogP contribution in [-0.4, -0.2) is 19.9 Å². The average molecular weight is 285 g/mol. The molecule has 6 nitrogen and oxygen atoms in total. The minimum absolute atomic E-state index is 0.0415. The van der Waals surface area contributed by atoms with Crippen molar-refractivity contribution in [2.75, 3.05) is 0 Å². The molecule has 1 atom stereocenters. The third-order valence-corrected chi connectivity index (χ3v) is 3.89. The second-order valence-corrected chi connectivity index (χ2v) is 6.20. The summed E-state index contributed by atoms with van der Waals surface area (Å²) in [5, 5.41) is 7.69. The molecule has 0 heterocycles. The average Bonchev–Trinajstić information content (AvgIpc) is 2.35. The van der Waals surface area contributed by atoms with Crippen LogP contribution in [0, 0.1) is 0 Å².